The topological polar surface area (TPSA) is 59.0 Å². The van der Waals surface area contributed by atoms with Crippen molar-refractivity contribution in [3.63, 3.8) is 0 Å². The van der Waals surface area contributed by atoms with Gasteiger partial charge in [0.1, 0.15) is 5.75 Å². The highest BCUT2D eigenvalue weighted by Crippen LogP contribution is 2.35. The average Bonchev–Trinajstić information content (AvgIpc) is 2.41. The second-order valence-electron chi connectivity index (χ2n) is 3.65. The summed E-state index contributed by atoms with van der Waals surface area (Å²) < 4.78 is 5.29. The first-order chi connectivity index (χ1) is 8.72. The summed E-state index contributed by atoms with van der Waals surface area (Å²) in [6.45, 7) is 0. The van der Waals surface area contributed by atoms with Crippen LogP contribution < -0.4 is 10.5 Å². The molecule has 3 nitrogen and oxygen atoms in total. The normalized spacial score (nSPS) is 9.78. The maximum Gasteiger partial charge on any atom is 0.134 e. The van der Waals surface area contributed by atoms with Gasteiger partial charge < -0.3 is 10.5 Å². The summed E-state index contributed by atoms with van der Waals surface area (Å²) in [5, 5.41) is 8.84. The smallest absolute Gasteiger partial charge is 0.134 e. The third-order valence-electron chi connectivity index (χ3n) is 2.40. The van der Waals surface area contributed by atoms with E-state index in [1.807, 2.05) is 30.3 Å². The molecule has 0 bridgehead atoms. The van der Waals surface area contributed by atoms with Crippen molar-refractivity contribution in [2.45, 2.75) is 9.79 Å². The zero-order valence-corrected chi connectivity index (χ0v) is 10.7. The number of nitrogens with zero attached hydrogens (tertiary/aromatic N) is 1. The van der Waals surface area contributed by atoms with Crippen molar-refractivity contribution in [3.05, 3.63) is 48.0 Å². The van der Waals surface area contributed by atoms with Crippen molar-refractivity contribution in [2.75, 3.05) is 12.8 Å². The first-order valence-corrected chi connectivity index (χ1v) is 6.16. The van der Waals surface area contributed by atoms with Crippen LogP contribution in [0.1, 0.15) is 5.56 Å². The molecule has 0 unspecified atom stereocenters. The van der Waals surface area contributed by atoms with Crippen LogP contribution in [0.5, 0.6) is 5.75 Å². The zero-order chi connectivity index (χ0) is 13.0. The minimum atomic E-state index is 0.591. The predicted octanol–water partition coefficient (Wildman–Crippen LogP) is 3.30. The molecule has 2 aromatic carbocycles. The third-order valence-corrected chi connectivity index (χ3v) is 3.47. The number of rotatable bonds is 3. The first kappa shape index (κ1) is 12.3. The van der Waals surface area contributed by atoms with Gasteiger partial charge in [0, 0.05) is 10.6 Å². The molecule has 0 aliphatic rings. The molecule has 0 aromatic heterocycles. The fourth-order valence-corrected chi connectivity index (χ4v) is 2.39. The number of methoxy groups -OCH3 is 1. The maximum absolute atomic E-state index is 8.84. The molecule has 90 valence electrons. The van der Waals surface area contributed by atoms with E-state index in [9.17, 15) is 0 Å². The molecule has 0 aliphatic heterocycles. The molecule has 18 heavy (non-hydrogen) atoms. The lowest BCUT2D eigenvalue weighted by Crippen LogP contribution is -1.88. The molecule has 0 saturated carbocycles. The Morgan fingerprint density at radius 3 is 2.50 bits per heavy atom. The molecule has 2 aromatic rings. The lowest BCUT2D eigenvalue weighted by molar-refractivity contribution is 0.404. The molecular weight excluding hydrogens is 244 g/mol. The van der Waals surface area contributed by atoms with E-state index >= 15 is 0 Å². The van der Waals surface area contributed by atoms with E-state index in [1.54, 1.807) is 31.0 Å². The molecule has 0 heterocycles. The van der Waals surface area contributed by atoms with E-state index in [1.165, 1.54) is 0 Å². The van der Waals surface area contributed by atoms with Crippen molar-refractivity contribution >= 4 is 17.4 Å². The van der Waals surface area contributed by atoms with Crippen molar-refractivity contribution in [3.8, 4) is 11.8 Å². The summed E-state index contributed by atoms with van der Waals surface area (Å²) in [7, 11) is 1.60. The van der Waals surface area contributed by atoms with Gasteiger partial charge in [0.25, 0.3) is 0 Å². The van der Waals surface area contributed by atoms with Crippen molar-refractivity contribution in [1.29, 1.82) is 5.26 Å². The molecule has 2 rings (SSSR count). The minimum Gasteiger partial charge on any atom is -0.496 e. The number of hydrogen-bond acceptors (Lipinski definition) is 4. The van der Waals surface area contributed by atoms with Gasteiger partial charge in [-0.15, -0.1) is 0 Å². The third kappa shape index (κ3) is 2.76. The van der Waals surface area contributed by atoms with Gasteiger partial charge in [0.2, 0.25) is 0 Å². The lowest BCUT2D eigenvalue weighted by atomic mass is 10.2. The van der Waals surface area contributed by atoms with Crippen LogP contribution in [0.4, 0.5) is 5.69 Å². The maximum atomic E-state index is 8.84. The van der Waals surface area contributed by atoms with Crippen molar-refractivity contribution in [1.82, 2.24) is 0 Å². The minimum absolute atomic E-state index is 0.591. The molecular formula is C14H12N2OS. The Balaban J connectivity index is 2.29. The van der Waals surface area contributed by atoms with Gasteiger partial charge in [0.15, 0.2) is 0 Å². The Morgan fingerprint density at radius 2 is 1.89 bits per heavy atom. The van der Waals surface area contributed by atoms with Gasteiger partial charge in [-0.1, -0.05) is 11.8 Å². The molecule has 0 radical (unpaired) electrons. The first-order valence-electron chi connectivity index (χ1n) is 5.34. The summed E-state index contributed by atoms with van der Waals surface area (Å²) in [6, 6.07) is 15.1. The van der Waals surface area contributed by atoms with Crippen LogP contribution in [0.25, 0.3) is 0 Å². The molecule has 2 N–H and O–H groups in total. The molecule has 0 saturated heterocycles. The highest BCUT2D eigenvalue weighted by molar-refractivity contribution is 7.99. The van der Waals surface area contributed by atoms with Gasteiger partial charge in [-0.05, 0) is 42.5 Å². The van der Waals surface area contributed by atoms with Gasteiger partial charge in [-0.3, -0.25) is 0 Å². The summed E-state index contributed by atoms with van der Waals surface area (Å²) in [5.41, 5.74) is 6.98. The Bertz CT molecular complexity index is 588. The monoisotopic (exact) mass is 256 g/mol. The van der Waals surface area contributed by atoms with Crippen molar-refractivity contribution in [2.24, 2.45) is 0 Å². The molecule has 4 heteroatoms. The van der Waals surface area contributed by atoms with Gasteiger partial charge in [-0.2, -0.15) is 5.26 Å². The highest BCUT2D eigenvalue weighted by Gasteiger charge is 2.06. The van der Waals surface area contributed by atoms with Crippen LogP contribution in [0.2, 0.25) is 0 Å². The Kier molecular flexibility index (Phi) is 3.75. The Morgan fingerprint density at radius 1 is 1.17 bits per heavy atom. The number of benzene rings is 2. The van der Waals surface area contributed by atoms with E-state index < -0.39 is 0 Å². The fourth-order valence-electron chi connectivity index (χ4n) is 1.48. The fraction of sp³-hybridized carbons (Fsp3) is 0.0714. The number of nitriles is 1. The summed E-state index contributed by atoms with van der Waals surface area (Å²) >= 11 is 1.58. The van der Waals surface area contributed by atoms with Crippen LogP contribution in [0.15, 0.2) is 52.3 Å². The molecule has 0 aliphatic carbocycles. The van der Waals surface area contributed by atoms with Gasteiger partial charge >= 0.3 is 0 Å². The SMILES string of the molecule is COc1cc(C#N)ccc1Sc1ccc(N)cc1. The van der Waals surface area contributed by atoms with Crippen LogP contribution >= 0.6 is 11.8 Å². The molecule has 0 fully saturated rings. The van der Waals surface area contributed by atoms with E-state index in [2.05, 4.69) is 6.07 Å². The second kappa shape index (κ2) is 5.48. The summed E-state index contributed by atoms with van der Waals surface area (Å²) in [6.07, 6.45) is 0. The van der Waals surface area contributed by atoms with Crippen LogP contribution in [0.3, 0.4) is 0 Å². The van der Waals surface area contributed by atoms with E-state index in [4.69, 9.17) is 15.7 Å². The standard InChI is InChI=1S/C14H12N2OS/c1-17-13-8-10(9-15)2-7-14(13)18-12-5-3-11(16)4-6-12/h2-8H,16H2,1H3. The van der Waals surface area contributed by atoms with E-state index in [-0.39, 0.29) is 0 Å². The second-order valence-corrected chi connectivity index (χ2v) is 4.76. The van der Waals surface area contributed by atoms with Crippen molar-refractivity contribution < 1.29 is 4.74 Å². The zero-order valence-electron chi connectivity index (χ0n) is 9.88. The number of nitrogens with two attached hydrogens (primary N) is 1. The quantitative estimate of drug-likeness (QED) is 0.856. The van der Waals surface area contributed by atoms with Crippen LogP contribution in [-0.4, -0.2) is 7.11 Å². The van der Waals surface area contributed by atoms with E-state index in [0.717, 1.165) is 15.5 Å². The van der Waals surface area contributed by atoms with Gasteiger partial charge in [0.05, 0.1) is 23.6 Å². The number of ether oxygens (including phenoxy) is 1. The van der Waals surface area contributed by atoms with Gasteiger partial charge in [-0.25, -0.2) is 0 Å². The Labute approximate surface area is 110 Å². The molecule has 0 amide bonds. The van der Waals surface area contributed by atoms with Crippen LogP contribution in [0, 0.1) is 11.3 Å². The Hall–Kier alpha value is -2.12. The lowest BCUT2D eigenvalue weighted by Gasteiger charge is -2.08. The number of hydrogen-bond donors (Lipinski definition) is 1. The number of nitrogen functional groups attached to an aromatic ring is 1. The average molecular weight is 256 g/mol. The largest absolute Gasteiger partial charge is 0.496 e. The summed E-state index contributed by atoms with van der Waals surface area (Å²) in [4.78, 5) is 2.05. The molecule has 0 spiro atoms. The summed E-state index contributed by atoms with van der Waals surface area (Å²) in [5.74, 6) is 0.705. The predicted molar refractivity (Wildman–Crippen MR) is 72.7 cm³/mol. The molecule has 0 atom stereocenters. The van der Waals surface area contributed by atoms with Crippen LogP contribution in [-0.2, 0) is 0 Å². The van der Waals surface area contributed by atoms with E-state index in [0.29, 0.717) is 11.3 Å². The highest BCUT2D eigenvalue weighted by atomic mass is 32.2. The number of anilines is 1.